The molecule has 1 saturated carbocycles. The van der Waals surface area contributed by atoms with E-state index in [1.54, 1.807) is 0 Å². The first-order valence-corrected chi connectivity index (χ1v) is 8.53. The van der Waals surface area contributed by atoms with Gasteiger partial charge in [-0.3, -0.25) is 0 Å². The predicted octanol–water partition coefficient (Wildman–Crippen LogP) is 3.46. The number of hydrogen-bond acceptors (Lipinski definition) is 2. The molecule has 0 saturated heterocycles. The fourth-order valence-electron chi connectivity index (χ4n) is 2.50. The highest BCUT2D eigenvalue weighted by Gasteiger charge is 2.17. The molecule has 1 aliphatic carbocycles. The highest BCUT2D eigenvalue weighted by Crippen LogP contribution is 2.34. The van der Waals surface area contributed by atoms with Crippen LogP contribution in [0.2, 0.25) is 0 Å². The SMILES string of the molecule is O=S(=O)(Cl)CCc1cccc(C2CCCC2)c1. The molecule has 0 atom stereocenters. The molecule has 1 fully saturated rings. The lowest BCUT2D eigenvalue weighted by Gasteiger charge is -2.10. The van der Waals surface area contributed by atoms with E-state index in [1.165, 1.54) is 31.2 Å². The highest BCUT2D eigenvalue weighted by molar-refractivity contribution is 8.13. The molecular formula is C13H17ClO2S. The Bertz CT molecular complexity index is 476. The summed E-state index contributed by atoms with van der Waals surface area (Å²) in [5.74, 6) is 0.686. The van der Waals surface area contributed by atoms with Crippen LogP contribution in [0.1, 0.15) is 42.7 Å². The molecule has 2 nitrogen and oxygen atoms in total. The van der Waals surface area contributed by atoms with E-state index in [0.29, 0.717) is 12.3 Å². The van der Waals surface area contributed by atoms with Gasteiger partial charge in [-0.2, -0.15) is 0 Å². The van der Waals surface area contributed by atoms with Gasteiger partial charge >= 0.3 is 0 Å². The van der Waals surface area contributed by atoms with Gasteiger partial charge in [0, 0.05) is 10.7 Å². The Hall–Kier alpha value is -0.540. The van der Waals surface area contributed by atoms with Gasteiger partial charge in [0.1, 0.15) is 0 Å². The zero-order valence-electron chi connectivity index (χ0n) is 9.73. The molecule has 1 aromatic carbocycles. The molecule has 1 aromatic rings. The minimum absolute atomic E-state index is 0.0165. The molecule has 1 aliphatic rings. The number of aryl methyl sites for hydroxylation is 1. The molecule has 0 spiro atoms. The van der Waals surface area contributed by atoms with E-state index < -0.39 is 9.05 Å². The maximum atomic E-state index is 10.9. The Kier molecular flexibility index (Phi) is 4.10. The first-order valence-electron chi connectivity index (χ1n) is 6.06. The van der Waals surface area contributed by atoms with Crippen molar-refractivity contribution in [2.45, 2.75) is 38.0 Å². The van der Waals surface area contributed by atoms with Crippen molar-refractivity contribution < 1.29 is 8.42 Å². The molecule has 17 heavy (non-hydrogen) atoms. The predicted molar refractivity (Wildman–Crippen MR) is 71.0 cm³/mol. The minimum atomic E-state index is -3.38. The van der Waals surface area contributed by atoms with Crippen LogP contribution >= 0.6 is 10.7 Å². The molecule has 0 aliphatic heterocycles. The van der Waals surface area contributed by atoms with E-state index in [2.05, 4.69) is 12.1 Å². The average molecular weight is 273 g/mol. The largest absolute Gasteiger partial charge is 0.232 e. The van der Waals surface area contributed by atoms with Crippen molar-refractivity contribution in [2.24, 2.45) is 0 Å². The van der Waals surface area contributed by atoms with Gasteiger partial charge < -0.3 is 0 Å². The minimum Gasteiger partial charge on any atom is -0.212 e. The normalized spacial score (nSPS) is 17.5. The van der Waals surface area contributed by atoms with Gasteiger partial charge in [-0.25, -0.2) is 8.42 Å². The molecular weight excluding hydrogens is 256 g/mol. The summed E-state index contributed by atoms with van der Waals surface area (Å²) in [6, 6.07) is 8.27. The summed E-state index contributed by atoms with van der Waals surface area (Å²) in [4.78, 5) is 0. The third-order valence-corrected chi connectivity index (χ3v) is 4.57. The van der Waals surface area contributed by atoms with Crippen molar-refractivity contribution in [3.05, 3.63) is 35.4 Å². The van der Waals surface area contributed by atoms with Crippen LogP contribution < -0.4 is 0 Å². The summed E-state index contributed by atoms with van der Waals surface area (Å²) in [7, 11) is 1.84. The Morgan fingerprint density at radius 2 is 1.94 bits per heavy atom. The third-order valence-electron chi connectivity index (χ3n) is 3.41. The van der Waals surface area contributed by atoms with Crippen LogP contribution in [0.25, 0.3) is 0 Å². The molecule has 0 aromatic heterocycles. The number of rotatable bonds is 4. The van der Waals surface area contributed by atoms with E-state index in [0.717, 1.165) is 5.56 Å². The van der Waals surface area contributed by atoms with Crippen LogP contribution in [-0.2, 0) is 15.5 Å². The van der Waals surface area contributed by atoms with Crippen LogP contribution in [0.5, 0.6) is 0 Å². The Morgan fingerprint density at radius 3 is 2.59 bits per heavy atom. The van der Waals surface area contributed by atoms with Crippen molar-refractivity contribution in [1.29, 1.82) is 0 Å². The van der Waals surface area contributed by atoms with Crippen LogP contribution in [0, 0.1) is 0 Å². The van der Waals surface area contributed by atoms with Crippen LogP contribution in [0.3, 0.4) is 0 Å². The van der Waals surface area contributed by atoms with Crippen molar-refractivity contribution in [3.63, 3.8) is 0 Å². The second-order valence-corrected chi connectivity index (χ2v) is 7.62. The smallest absolute Gasteiger partial charge is 0.212 e. The van der Waals surface area contributed by atoms with E-state index in [-0.39, 0.29) is 5.75 Å². The molecule has 2 rings (SSSR count). The molecule has 94 valence electrons. The number of halogens is 1. The summed E-state index contributed by atoms with van der Waals surface area (Å²) >= 11 is 0. The lowest BCUT2D eigenvalue weighted by atomic mass is 9.95. The Morgan fingerprint density at radius 1 is 1.24 bits per heavy atom. The number of hydrogen-bond donors (Lipinski definition) is 0. The van der Waals surface area contributed by atoms with Gasteiger partial charge in [-0.05, 0) is 36.3 Å². The van der Waals surface area contributed by atoms with Crippen LogP contribution in [-0.4, -0.2) is 14.2 Å². The molecule has 0 bridgehead atoms. The van der Waals surface area contributed by atoms with E-state index in [9.17, 15) is 8.42 Å². The summed E-state index contributed by atoms with van der Waals surface area (Å²) in [5, 5.41) is 0. The molecule has 0 N–H and O–H groups in total. The van der Waals surface area contributed by atoms with Crippen molar-refractivity contribution in [1.82, 2.24) is 0 Å². The van der Waals surface area contributed by atoms with Gasteiger partial charge in [0.2, 0.25) is 9.05 Å². The van der Waals surface area contributed by atoms with Gasteiger partial charge in [0.05, 0.1) is 5.75 Å². The van der Waals surface area contributed by atoms with Gasteiger partial charge in [-0.15, -0.1) is 0 Å². The fourth-order valence-corrected chi connectivity index (χ4v) is 3.21. The van der Waals surface area contributed by atoms with Crippen molar-refractivity contribution in [2.75, 3.05) is 5.75 Å². The average Bonchev–Trinajstić information content (AvgIpc) is 2.79. The number of benzene rings is 1. The lowest BCUT2D eigenvalue weighted by molar-refractivity contribution is 0.609. The maximum absolute atomic E-state index is 10.9. The molecule has 0 heterocycles. The first kappa shape index (κ1) is 12.9. The van der Waals surface area contributed by atoms with E-state index in [4.69, 9.17) is 10.7 Å². The third kappa shape index (κ3) is 4.00. The Balaban J connectivity index is 2.06. The standard InChI is InChI=1S/C13H17ClO2S/c14-17(15,16)9-8-11-4-3-7-13(10-11)12-5-1-2-6-12/h3-4,7,10,12H,1-2,5-6,8-9H2. The first-order chi connectivity index (χ1) is 8.04. The maximum Gasteiger partial charge on any atom is 0.232 e. The highest BCUT2D eigenvalue weighted by atomic mass is 35.7. The van der Waals surface area contributed by atoms with Gasteiger partial charge in [-0.1, -0.05) is 37.1 Å². The molecule has 4 heteroatoms. The van der Waals surface area contributed by atoms with Gasteiger partial charge in [0.15, 0.2) is 0 Å². The summed E-state index contributed by atoms with van der Waals surface area (Å²) in [6.45, 7) is 0. The zero-order chi connectivity index (χ0) is 12.3. The topological polar surface area (TPSA) is 34.1 Å². The van der Waals surface area contributed by atoms with E-state index in [1.807, 2.05) is 12.1 Å². The fraction of sp³-hybridized carbons (Fsp3) is 0.538. The van der Waals surface area contributed by atoms with Crippen LogP contribution in [0.4, 0.5) is 0 Å². The van der Waals surface area contributed by atoms with Crippen LogP contribution in [0.15, 0.2) is 24.3 Å². The summed E-state index contributed by atoms with van der Waals surface area (Å²) in [6.07, 6.45) is 5.65. The monoisotopic (exact) mass is 272 g/mol. The Labute approximate surface area is 107 Å². The second-order valence-electron chi connectivity index (χ2n) is 4.72. The summed E-state index contributed by atoms with van der Waals surface area (Å²) in [5.41, 5.74) is 2.42. The second kappa shape index (κ2) is 5.40. The lowest BCUT2D eigenvalue weighted by Crippen LogP contribution is -2.02. The van der Waals surface area contributed by atoms with Gasteiger partial charge in [0.25, 0.3) is 0 Å². The quantitative estimate of drug-likeness (QED) is 0.787. The molecule has 0 radical (unpaired) electrons. The van der Waals surface area contributed by atoms with Crippen molar-refractivity contribution >= 4 is 19.7 Å². The zero-order valence-corrected chi connectivity index (χ0v) is 11.3. The van der Waals surface area contributed by atoms with Crippen molar-refractivity contribution in [3.8, 4) is 0 Å². The molecule has 0 amide bonds. The molecule has 0 unspecified atom stereocenters. The summed E-state index contributed by atoms with van der Waals surface area (Å²) < 4.78 is 21.8. The van der Waals surface area contributed by atoms with E-state index >= 15 is 0 Å².